The van der Waals surface area contributed by atoms with Gasteiger partial charge in [0.25, 0.3) is 0 Å². The van der Waals surface area contributed by atoms with Gasteiger partial charge in [-0.3, -0.25) is 0 Å². The number of hydrogen-bond acceptors (Lipinski definition) is 3. The molecule has 0 aromatic carbocycles. The molecule has 1 N–H and O–H groups in total. The van der Waals surface area contributed by atoms with Gasteiger partial charge in [0.2, 0.25) is 0 Å². The minimum Gasteiger partial charge on any atom is -0.331 e. The summed E-state index contributed by atoms with van der Waals surface area (Å²) < 4.78 is 2.59. The van der Waals surface area contributed by atoms with Crippen molar-refractivity contribution in [2.45, 2.75) is 52.6 Å². The van der Waals surface area contributed by atoms with Gasteiger partial charge < -0.3 is 14.8 Å². The van der Waals surface area contributed by atoms with E-state index in [4.69, 9.17) is 4.98 Å². The van der Waals surface area contributed by atoms with Crippen molar-refractivity contribution in [3.63, 3.8) is 0 Å². The van der Waals surface area contributed by atoms with Crippen LogP contribution in [0.25, 0.3) is 0 Å². The van der Waals surface area contributed by atoms with Gasteiger partial charge in [-0.2, -0.15) is 0 Å². The van der Waals surface area contributed by atoms with E-state index in [9.17, 15) is 0 Å². The van der Waals surface area contributed by atoms with Gasteiger partial charge >= 0.3 is 0 Å². The molecule has 21 heavy (non-hydrogen) atoms. The van der Waals surface area contributed by atoms with Crippen molar-refractivity contribution < 1.29 is 0 Å². The van der Waals surface area contributed by atoms with Gasteiger partial charge in [-0.1, -0.05) is 13.8 Å². The largest absolute Gasteiger partial charge is 0.331 e. The lowest BCUT2D eigenvalue weighted by molar-refractivity contribution is 0.203. The van der Waals surface area contributed by atoms with Gasteiger partial charge in [0, 0.05) is 38.2 Å². The molecule has 0 saturated carbocycles. The molecule has 1 aromatic rings. The van der Waals surface area contributed by atoms with Gasteiger partial charge in [-0.25, -0.2) is 4.98 Å². The van der Waals surface area contributed by atoms with E-state index in [-0.39, 0.29) is 0 Å². The molecule has 0 bridgehead atoms. The fourth-order valence-corrected chi connectivity index (χ4v) is 3.67. The molecule has 3 rings (SSSR count). The first kappa shape index (κ1) is 15.0. The van der Waals surface area contributed by atoms with Crippen LogP contribution in [-0.4, -0.2) is 41.1 Å². The maximum absolute atomic E-state index is 4.96. The van der Waals surface area contributed by atoms with E-state index < -0.39 is 0 Å². The van der Waals surface area contributed by atoms with Gasteiger partial charge in [0.05, 0.1) is 5.69 Å². The fraction of sp³-hybridized carbons (Fsp3) is 0.824. The number of piperidine rings is 1. The molecule has 0 aliphatic carbocycles. The summed E-state index contributed by atoms with van der Waals surface area (Å²) in [7, 11) is 2.24. The molecule has 3 heterocycles. The Morgan fingerprint density at radius 1 is 1.29 bits per heavy atom. The van der Waals surface area contributed by atoms with Crippen molar-refractivity contribution in [3.05, 3.63) is 17.2 Å². The molecule has 0 amide bonds. The van der Waals surface area contributed by atoms with Crippen LogP contribution in [-0.2, 0) is 25.9 Å². The molecule has 1 fully saturated rings. The second-order valence-corrected chi connectivity index (χ2v) is 7.30. The number of nitrogens with one attached hydrogen (secondary N) is 1. The van der Waals surface area contributed by atoms with Crippen LogP contribution in [0.5, 0.6) is 0 Å². The van der Waals surface area contributed by atoms with Crippen molar-refractivity contribution in [3.8, 4) is 0 Å². The summed E-state index contributed by atoms with van der Waals surface area (Å²) in [6, 6.07) is 0. The first-order valence-electron chi connectivity index (χ1n) is 8.60. The van der Waals surface area contributed by atoms with Crippen molar-refractivity contribution in [2.75, 3.05) is 26.7 Å². The molecule has 4 nitrogen and oxygen atoms in total. The molecule has 0 spiro atoms. The Morgan fingerprint density at radius 2 is 2.05 bits per heavy atom. The van der Waals surface area contributed by atoms with Crippen LogP contribution in [0.1, 0.15) is 43.9 Å². The molecular weight excluding hydrogens is 260 g/mol. The topological polar surface area (TPSA) is 33.1 Å². The number of imidazole rings is 1. The van der Waals surface area contributed by atoms with E-state index >= 15 is 0 Å². The van der Waals surface area contributed by atoms with Crippen molar-refractivity contribution >= 4 is 0 Å². The maximum Gasteiger partial charge on any atom is 0.109 e. The average molecular weight is 290 g/mol. The predicted molar refractivity (Wildman–Crippen MR) is 86.4 cm³/mol. The standard InChI is InChI=1S/C17H30N4/c1-13(2)10-17-19-15-11-18-7-4-16(15)21(17)12-14-5-8-20(3)9-6-14/h13-14,18H,4-12H2,1-3H3. The summed E-state index contributed by atoms with van der Waals surface area (Å²) in [4.78, 5) is 7.42. The van der Waals surface area contributed by atoms with E-state index in [0.717, 1.165) is 31.8 Å². The second-order valence-electron chi connectivity index (χ2n) is 7.30. The zero-order valence-electron chi connectivity index (χ0n) is 13.9. The number of nitrogens with zero attached hydrogens (tertiary/aromatic N) is 3. The molecule has 1 aromatic heterocycles. The summed E-state index contributed by atoms with van der Waals surface area (Å²) >= 11 is 0. The van der Waals surface area contributed by atoms with Crippen LogP contribution in [0, 0.1) is 11.8 Å². The summed E-state index contributed by atoms with van der Waals surface area (Å²) in [5.74, 6) is 2.84. The van der Waals surface area contributed by atoms with Crippen LogP contribution in [0.4, 0.5) is 0 Å². The molecule has 1 saturated heterocycles. The number of fused-ring (bicyclic) bond motifs is 1. The highest BCUT2D eigenvalue weighted by molar-refractivity contribution is 5.20. The lowest BCUT2D eigenvalue weighted by atomic mass is 9.96. The minimum atomic E-state index is 0.679. The third-order valence-electron chi connectivity index (χ3n) is 4.94. The highest BCUT2D eigenvalue weighted by Crippen LogP contribution is 2.24. The highest BCUT2D eigenvalue weighted by Gasteiger charge is 2.24. The summed E-state index contributed by atoms with van der Waals surface area (Å²) in [6.45, 7) is 10.4. The molecule has 0 radical (unpaired) electrons. The normalized spacial score (nSPS) is 21.0. The third kappa shape index (κ3) is 3.49. The van der Waals surface area contributed by atoms with Crippen LogP contribution in [0.15, 0.2) is 0 Å². The maximum atomic E-state index is 4.96. The summed E-state index contributed by atoms with van der Waals surface area (Å²) in [6.07, 6.45) is 4.93. The fourth-order valence-electron chi connectivity index (χ4n) is 3.67. The van der Waals surface area contributed by atoms with Crippen LogP contribution < -0.4 is 5.32 Å². The SMILES string of the molecule is CC(C)Cc1nc2c(n1CC1CCN(C)CC1)CCNC2. The number of likely N-dealkylation sites (tertiary alicyclic amines) is 1. The first-order valence-corrected chi connectivity index (χ1v) is 8.60. The van der Waals surface area contributed by atoms with E-state index in [1.54, 1.807) is 0 Å². The zero-order valence-corrected chi connectivity index (χ0v) is 13.9. The smallest absolute Gasteiger partial charge is 0.109 e. The van der Waals surface area contributed by atoms with E-state index in [1.807, 2.05) is 0 Å². The lowest BCUT2D eigenvalue weighted by Crippen LogP contribution is -2.33. The molecular formula is C17H30N4. The zero-order chi connectivity index (χ0) is 14.8. The lowest BCUT2D eigenvalue weighted by Gasteiger charge is -2.30. The van der Waals surface area contributed by atoms with Gasteiger partial charge in [-0.05, 0) is 44.8 Å². The van der Waals surface area contributed by atoms with Crippen LogP contribution >= 0.6 is 0 Å². The number of aromatic nitrogens is 2. The van der Waals surface area contributed by atoms with Crippen LogP contribution in [0.2, 0.25) is 0 Å². The number of rotatable bonds is 4. The van der Waals surface area contributed by atoms with Gasteiger partial charge in [-0.15, -0.1) is 0 Å². The predicted octanol–water partition coefficient (Wildman–Crippen LogP) is 2.07. The minimum absolute atomic E-state index is 0.679. The summed E-state index contributed by atoms with van der Waals surface area (Å²) in [5.41, 5.74) is 2.83. The monoisotopic (exact) mass is 290 g/mol. The Kier molecular flexibility index (Phi) is 4.65. The Bertz CT molecular complexity index is 469. The Hall–Kier alpha value is -0.870. The molecule has 118 valence electrons. The third-order valence-corrected chi connectivity index (χ3v) is 4.94. The van der Waals surface area contributed by atoms with Gasteiger partial charge in [0.15, 0.2) is 0 Å². The van der Waals surface area contributed by atoms with Crippen LogP contribution in [0.3, 0.4) is 0 Å². The molecule has 2 aliphatic rings. The van der Waals surface area contributed by atoms with Crippen molar-refractivity contribution in [2.24, 2.45) is 11.8 Å². The van der Waals surface area contributed by atoms with Gasteiger partial charge in [0.1, 0.15) is 5.82 Å². The molecule has 4 heteroatoms. The van der Waals surface area contributed by atoms with Crippen molar-refractivity contribution in [1.82, 2.24) is 19.8 Å². The Balaban J connectivity index is 1.79. The Labute approximate surface area is 128 Å². The molecule has 2 aliphatic heterocycles. The van der Waals surface area contributed by atoms with E-state index in [2.05, 4.69) is 35.7 Å². The second kappa shape index (κ2) is 6.49. The average Bonchev–Trinajstić information content (AvgIpc) is 2.78. The Morgan fingerprint density at radius 3 is 2.76 bits per heavy atom. The molecule has 0 atom stereocenters. The number of hydrogen-bond donors (Lipinski definition) is 1. The quantitative estimate of drug-likeness (QED) is 0.921. The van der Waals surface area contributed by atoms with E-state index in [1.165, 1.54) is 49.7 Å². The highest BCUT2D eigenvalue weighted by atomic mass is 15.1. The summed E-state index contributed by atoms with van der Waals surface area (Å²) in [5, 5.41) is 3.46. The molecule has 0 unspecified atom stereocenters. The first-order chi connectivity index (χ1) is 10.1. The van der Waals surface area contributed by atoms with Crippen molar-refractivity contribution in [1.29, 1.82) is 0 Å². The van der Waals surface area contributed by atoms with E-state index in [0.29, 0.717) is 5.92 Å².